The minimum Gasteiger partial charge on any atom is -0.469 e. The summed E-state index contributed by atoms with van der Waals surface area (Å²) in [6.07, 6.45) is 1.62. The van der Waals surface area contributed by atoms with E-state index in [1.165, 1.54) is 7.11 Å². The van der Waals surface area contributed by atoms with E-state index in [1.807, 2.05) is 0 Å². The summed E-state index contributed by atoms with van der Waals surface area (Å²) >= 11 is 1.66. The number of aliphatic imine (C=N–C) groups is 1. The Morgan fingerprint density at radius 3 is 2.58 bits per heavy atom. The van der Waals surface area contributed by atoms with E-state index >= 15 is 0 Å². The van der Waals surface area contributed by atoms with Gasteiger partial charge in [0.15, 0.2) is 5.96 Å². The second kappa shape index (κ2) is 10.4. The van der Waals surface area contributed by atoms with Gasteiger partial charge in [-0.3, -0.25) is 4.79 Å². The number of nitrogens with zero attached hydrogens (tertiary/aromatic N) is 3. The normalized spacial score (nSPS) is 16.2. The molecule has 0 bridgehead atoms. The zero-order chi connectivity index (χ0) is 18.4. The lowest BCUT2D eigenvalue weighted by atomic mass is 9.93. The van der Waals surface area contributed by atoms with E-state index in [1.54, 1.807) is 11.3 Å². The summed E-state index contributed by atoms with van der Waals surface area (Å²) in [5, 5.41) is 6.51. The van der Waals surface area contributed by atoms with Crippen LogP contribution in [0.15, 0.2) is 10.4 Å². The van der Waals surface area contributed by atoms with Gasteiger partial charge in [0, 0.05) is 30.4 Å². The highest BCUT2D eigenvalue weighted by molar-refractivity contribution is 14.0. The topological polar surface area (TPSA) is 66.8 Å². The number of thiazole rings is 1. The first-order valence-corrected chi connectivity index (χ1v) is 9.79. The molecule has 0 radical (unpaired) electrons. The largest absolute Gasteiger partial charge is 0.469 e. The predicted molar refractivity (Wildman–Crippen MR) is 117 cm³/mol. The fourth-order valence-electron chi connectivity index (χ4n) is 2.79. The van der Waals surface area contributed by atoms with E-state index < -0.39 is 0 Å². The van der Waals surface area contributed by atoms with Crippen molar-refractivity contribution in [1.82, 2.24) is 15.2 Å². The van der Waals surface area contributed by atoms with Gasteiger partial charge in [-0.1, -0.05) is 20.8 Å². The van der Waals surface area contributed by atoms with Crippen LogP contribution in [-0.4, -0.2) is 48.6 Å². The Kier molecular flexibility index (Phi) is 9.29. The van der Waals surface area contributed by atoms with Gasteiger partial charge < -0.3 is 15.0 Å². The molecule has 1 N–H and O–H groups in total. The molecule has 0 saturated carbocycles. The van der Waals surface area contributed by atoms with Crippen LogP contribution in [0.3, 0.4) is 0 Å². The molecule has 0 atom stereocenters. The lowest BCUT2D eigenvalue weighted by molar-refractivity contribution is -0.146. The first kappa shape index (κ1) is 23.1. The molecule has 6 nitrogen and oxygen atoms in total. The molecule has 0 amide bonds. The third-order valence-corrected chi connectivity index (χ3v) is 5.18. The van der Waals surface area contributed by atoms with Crippen LogP contribution in [0.5, 0.6) is 0 Å². The Bertz CT molecular complexity index is 605. The van der Waals surface area contributed by atoms with E-state index in [9.17, 15) is 4.79 Å². The van der Waals surface area contributed by atoms with Gasteiger partial charge in [-0.25, -0.2) is 9.98 Å². The maximum atomic E-state index is 11.7. The standard InChI is InChI=1S/C18H30N4O2S.HI/c1-6-19-17(22-9-7-13(8-10-22)16(23)24-5)20-11-15-21-14(12-25-15)18(2,3)4;/h12-13H,6-11H2,1-5H3,(H,19,20);1H. The minimum absolute atomic E-state index is 0. The second-order valence-corrected chi connectivity index (χ2v) is 8.27. The van der Waals surface area contributed by atoms with Crippen LogP contribution < -0.4 is 5.32 Å². The molecule has 2 heterocycles. The Balaban J connectivity index is 0.00000338. The fraction of sp³-hybridized carbons (Fsp3) is 0.722. The smallest absolute Gasteiger partial charge is 0.308 e. The SMILES string of the molecule is CCNC(=NCc1nc(C(C)(C)C)cs1)N1CCC(C(=O)OC)CC1.I. The van der Waals surface area contributed by atoms with Crippen LogP contribution in [-0.2, 0) is 21.5 Å². The molecule has 0 aromatic carbocycles. The van der Waals surface area contributed by atoms with Gasteiger partial charge in [-0.2, -0.15) is 0 Å². The molecule has 1 aromatic rings. The number of hydrogen-bond acceptors (Lipinski definition) is 5. The Labute approximate surface area is 177 Å². The molecular formula is C18H31IN4O2S. The number of carbonyl (C=O) groups is 1. The molecule has 1 aliphatic rings. The van der Waals surface area contributed by atoms with Crippen molar-refractivity contribution in [3.8, 4) is 0 Å². The molecule has 0 spiro atoms. The van der Waals surface area contributed by atoms with Crippen LogP contribution in [0.1, 0.15) is 51.2 Å². The number of hydrogen-bond donors (Lipinski definition) is 1. The van der Waals surface area contributed by atoms with E-state index in [-0.39, 0.29) is 41.3 Å². The third kappa shape index (κ3) is 6.37. The maximum absolute atomic E-state index is 11.7. The van der Waals surface area contributed by atoms with Crippen LogP contribution in [0, 0.1) is 5.92 Å². The van der Waals surface area contributed by atoms with Gasteiger partial charge in [0.25, 0.3) is 0 Å². The summed E-state index contributed by atoms with van der Waals surface area (Å²) in [5.74, 6) is 0.815. The maximum Gasteiger partial charge on any atom is 0.308 e. The number of likely N-dealkylation sites (tertiary alicyclic amines) is 1. The lowest BCUT2D eigenvalue weighted by Crippen LogP contribution is -2.46. The van der Waals surface area contributed by atoms with E-state index in [0.29, 0.717) is 6.54 Å². The van der Waals surface area contributed by atoms with Crippen LogP contribution in [0.25, 0.3) is 0 Å². The van der Waals surface area contributed by atoms with Crippen molar-refractivity contribution in [3.63, 3.8) is 0 Å². The van der Waals surface area contributed by atoms with Crippen molar-refractivity contribution in [2.75, 3.05) is 26.7 Å². The number of guanidine groups is 1. The number of carbonyl (C=O) groups excluding carboxylic acids is 1. The molecule has 2 rings (SSSR count). The average molecular weight is 494 g/mol. The highest BCUT2D eigenvalue weighted by Gasteiger charge is 2.27. The Hall–Kier alpha value is -0.900. The number of rotatable bonds is 4. The predicted octanol–water partition coefficient (Wildman–Crippen LogP) is 3.41. The van der Waals surface area contributed by atoms with E-state index in [0.717, 1.165) is 49.1 Å². The number of methoxy groups -OCH3 is 1. The van der Waals surface area contributed by atoms with Crippen LogP contribution in [0.4, 0.5) is 0 Å². The van der Waals surface area contributed by atoms with Crippen LogP contribution >= 0.6 is 35.3 Å². The first-order valence-electron chi connectivity index (χ1n) is 8.91. The summed E-state index contributed by atoms with van der Waals surface area (Å²) in [7, 11) is 1.46. The fourth-order valence-corrected chi connectivity index (χ4v) is 3.73. The monoisotopic (exact) mass is 494 g/mol. The molecule has 8 heteroatoms. The number of ether oxygens (including phenoxy) is 1. The van der Waals surface area contributed by atoms with Gasteiger partial charge in [0.2, 0.25) is 0 Å². The first-order chi connectivity index (χ1) is 11.8. The Morgan fingerprint density at radius 1 is 1.42 bits per heavy atom. The van der Waals surface area contributed by atoms with Gasteiger partial charge >= 0.3 is 5.97 Å². The number of esters is 1. The molecule has 1 aromatic heterocycles. The minimum atomic E-state index is -0.0981. The van der Waals surface area contributed by atoms with Crippen molar-refractivity contribution in [3.05, 3.63) is 16.1 Å². The van der Waals surface area contributed by atoms with E-state index in [2.05, 4.69) is 43.3 Å². The molecular weight excluding hydrogens is 463 g/mol. The van der Waals surface area contributed by atoms with Gasteiger partial charge in [0.1, 0.15) is 5.01 Å². The quantitative estimate of drug-likeness (QED) is 0.301. The zero-order valence-electron chi connectivity index (χ0n) is 16.4. The van der Waals surface area contributed by atoms with Gasteiger partial charge in [0.05, 0.1) is 25.3 Å². The van der Waals surface area contributed by atoms with Crippen molar-refractivity contribution < 1.29 is 9.53 Å². The summed E-state index contributed by atoms with van der Waals surface area (Å²) in [6.45, 7) is 11.6. The molecule has 0 unspecified atom stereocenters. The van der Waals surface area contributed by atoms with Gasteiger partial charge in [-0.15, -0.1) is 35.3 Å². The average Bonchev–Trinajstić information content (AvgIpc) is 3.07. The number of piperidine rings is 1. The van der Waals surface area contributed by atoms with Crippen molar-refractivity contribution in [2.24, 2.45) is 10.9 Å². The molecule has 148 valence electrons. The number of nitrogens with one attached hydrogen (secondary N) is 1. The van der Waals surface area contributed by atoms with Gasteiger partial charge in [-0.05, 0) is 19.8 Å². The molecule has 1 aliphatic heterocycles. The summed E-state index contributed by atoms with van der Waals surface area (Å²) in [5.41, 5.74) is 1.19. The number of aromatic nitrogens is 1. The van der Waals surface area contributed by atoms with E-state index in [4.69, 9.17) is 14.7 Å². The van der Waals surface area contributed by atoms with Crippen molar-refractivity contribution >= 4 is 47.2 Å². The van der Waals surface area contributed by atoms with Crippen LogP contribution in [0.2, 0.25) is 0 Å². The summed E-state index contributed by atoms with van der Waals surface area (Å²) < 4.78 is 4.86. The van der Waals surface area contributed by atoms with Crippen molar-refractivity contribution in [2.45, 2.75) is 52.5 Å². The molecule has 0 aliphatic carbocycles. The number of halogens is 1. The third-order valence-electron chi connectivity index (χ3n) is 4.35. The molecule has 1 saturated heterocycles. The highest BCUT2D eigenvalue weighted by atomic mass is 127. The second-order valence-electron chi connectivity index (χ2n) is 7.33. The zero-order valence-corrected chi connectivity index (χ0v) is 19.5. The molecule has 1 fully saturated rings. The lowest BCUT2D eigenvalue weighted by Gasteiger charge is -2.33. The summed E-state index contributed by atoms with van der Waals surface area (Å²) in [6, 6.07) is 0. The summed E-state index contributed by atoms with van der Waals surface area (Å²) in [4.78, 5) is 23.4. The molecule has 26 heavy (non-hydrogen) atoms. The highest BCUT2D eigenvalue weighted by Crippen LogP contribution is 2.24. The Morgan fingerprint density at radius 2 is 2.08 bits per heavy atom. The van der Waals surface area contributed by atoms with Crippen molar-refractivity contribution in [1.29, 1.82) is 0 Å².